The van der Waals surface area contributed by atoms with E-state index in [-0.39, 0.29) is 0 Å². The Morgan fingerprint density at radius 3 is 2.62 bits per heavy atom. The van der Waals surface area contributed by atoms with Gasteiger partial charge in [-0.2, -0.15) is 0 Å². The molecule has 0 saturated carbocycles. The van der Waals surface area contributed by atoms with Crippen LogP contribution in [0.5, 0.6) is 0 Å². The van der Waals surface area contributed by atoms with E-state index in [1.165, 1.54) is 0 Å². The van der Waals surface area contributed by atoms with E-state index >= 15 is 0 Å². The van der Waals surface area contributed by atoms with Crippen LogP contribution in [0.4, 0.5) is 11.4 Å². The largest absolute Gasteiger partial charge is 0.398 e. The number of sulfone groups is 1. The van der Waals surface area contributed by atoms with Crippen molar-refractivity contribution in [1.29, 1.82) is 0 Å². The molecule has 0 fully saturated rings. The fraction of sp³-hybridized carbons (Fsp3) is 0.222. The number of benzene rings is 1. The zero-order valence-corrected chi connectivity index (χ0v) is 10.9. The van der Waals surface area contributed by atoms with E-state index in [2.05, 4.69) is 21.2 Å². The molecule has 7 heteroatoms. The monoisotopic (exact) mass is 306 g/mol. The van der Waals surface area contributed by atoms with E-state index in [1.807, 2.05) is 0 Å². The third-order valence-corrected chi connectivity index (χ3v) is 3.18. The third kappa shape index (κ3) is 4.19. The molecular weight excluding hydrogens is 296 g/mol. The lowest BCUT2D eigenvalue weighted by molar-refractivity contribution is -0.113. The van der Waals surface area contributed by atoms with Gasteiger partial charge < -0.3 is 11.1 Å². The molecule has 0 heterocycles. The highest BCUT2D eigenvalue weighted by Crippen LogP contribution is 2.22. The number of nitrogen functional groups attached to an aromatic ring is 1. The van der Waals surface area contributed by atoms with Crippen molar-refractivity contribution in [1.82, 2.24) is 0 Å². The SMILES string of the molecule is CS(=O)(=O)CC(=O)Nc1ccc(Br)c(N)c1. The van der Waals surface area contributed by atoms with Crippen LogP contribution in [0, 0.1) is 0 Å². The summed E-state index contributed by atoms with van der Waals surface area (Å²) in [6, 6.07) is 4.84. The van der Waals surface area contributed by atoms with Crippen molar-refractivity contribution in [2.45, 2.75) is 0 Å². The predicted molar refractivity (Wildman–Crippen MR) is 66.9 cm³/mol. The second-order valence-electron chi connectivity index (χ2n) is 3.35. The van der Waals surface area contributed by atoms with Crippen LogP contribution in [0.3, 0.4) is 0 Å². The van der Waals surface area contributed by atoms with Gasteiger partial charge in [-0.15, -0.1) is 0 Å². The molecule has 1 aromatic carbocycles. The molecule has 0 radical (unpaired) electrons. The van der Waals surface area contributed by atoms with Crippen LogP contribution >= 0.6 is 15.9 Å². The van der Waals surface area contributed by atoms with Gasteiger partial charge in [-0.3, -0.25) is 4.79 Å². The number of hydrogen-bond acceptors (Lipinski definition) is 4. The molecule has 0 spiro atoms. The van der Waals surface area contributed by atoms with Crippen molar-refractivity contribution in [3.05, 3.63) is 22.7 Å². The number of halogens is 1. The van der Waals surface area contributed by atoms with Crippen molar-refractivity contribution in [2.75, 3.05) is 23.1 Å². The highest BCUT2D eigenvalue weighted by Gasteiger charge is 2.11. The maximum absolute atomic E-state index is 11.3. The lowest BCUT2D eigenvalue weighted by Gasteiger charge is -2.06. The first-order chi connectivity index (χ1) is 7.28. The number of hydrogen-bond donors (Lipinski definition) is 2. The fourth-order valence-corrected chi connectivity index (χ4v) is 1.85. The Bertz CT molecular complexity index is 513. The van der Waals surface area contributed by atoms with Gasteiger partial charge in [0.25, 0.3) is 0 Å². The molecule has 0 aliphatic rings. The summed E-state index contributed by atoms with van der Waals surface area (Å²) < 4.78 is 22.4. The first-order valence-corrected chi connectivity index (χ1v) is 7.16. The summed E-state index contributed by atoms with van der Waals surface area (Å²) in [6.45, 7) is 0. The normalized spacial score (nSPS) is 11.1. The summed E-state index contributed by atoms with van der Waals surface area (Å²) in [7, 11) is -3.31. The van der Waals surface area contributed by atoms with Crippen molar-refractivity contribution < 1.29 is 13.2 Å². The van der Waals surface area contributed by atoms with E-state index in [9.17, 15) is 13.2 Å². The maximum atomic E-state index is 11.3. The van der Waals surface area contributed by atoms with E-state index < -0.39 is 21.5 Å². The van der Waals surface area contributed by atoms with Gasteiger partial charge in [-0.25, -0.2) is 8.42 Å². The number of amides is 1. The highest BCUT2D eigenvalue weighted by molar-refractivity contribution is 9.10. The average molecular weight is 307 g/mol. The minimum Gasteiger partial charge on any atom is -0.398 e. The number of nitrogens with two attached hydrogens (primary N) is 1. The van der Waals surface area contributed by atoms with Gasteiger partial charge >= 0.3 is 0 Å². The van der Waals surface area contributed by atoms with E-state index in [0.29, 0.717) is 15.8 Å². The lowest BCUT2D eigenvalue weighted by atomic mass is 10.3. The van der Waals surface area contributed by atoms with E-state index in [0.717, 1.165) is 6.26 Å². The average Bonchev–Trinajstić information content (AvgIpc) is 2.08. The van der Waals surface area contributed by atoms with Crippen LogP contribution in [0.25, 0.3) is 0 Å². The smallest absolute Gasteiger partial charge is 0.239 e. The molecule has 1 aromatic rings. The molecule has 16 heavy (non-hydrogen) atoms. The Balaban J connectivity index is 2.74. The fourth-order valence-electron chi connectivity index (χ4n) is 1.06. The summed E-state index contributed by atoms with van der Waals surface area (Å²) in [5.41, 5.74) is 6.54. The van der Waals surface area contributed by atoms with Crippen LogP contribution in [0.2, 0.25) is 0 Å². The lowest BCUT2D eigenvalue weighted by Crippen LogP contribution is -2.21. The molecule has 1 rings (SSSR count). The van der Waals surface area contributed by atoms with Crippen LogP contribution in [0.1, 0.15) is 0 Å². The summed E-state index contributed by atoms with van der Waals surface area (Å²) in [5.74, 6) is -1.12. The molecule has 0 bridgehead atoms. The van der Waals surface area contributed by atoms with E-state index in [4.69, 9.17) is 5.73 Å². The van der Waals surface area contributed by atoms with Gasteiger partial charge in [0.05, 0.1) is 0 Å². The second kappa shape index (κ2) is 4.84. The summed E-state index contributed by atoms with van der Waals surface area (Å²) in [6.07, 6.45) is 1.00. The minimum atomic E-state index is -3.31. The van der Waals surface area contributed by atoms with Crippen LogP contribution in [-0.2, 0) is 14.6 Å². The molecule has 0 atom stereocenters. The number of carbonyl (C=O) groups is 1. The van der Waals surface area contributed by atoms with Gasteiger partial charge in [-0.05, 0) is 34.1 Å². The predicted octanol–water partition coefficient (Wildman–Crippen LogP) is 1.01. The third-order valence-electron chi connectivity index (χ3n) is 1.67. The maximum Gasteiger partial charge on any atom is 0.239 e. The van der Waals surface area contributed by atoms with Crippen molar-refractivity contribution in [2.24, 2.45) is 0 Å². The van der Waals surface area contributed by atoms with Gasteiger partial charge in [0.1, 0.15) is 5.75 Å². The molecule has 0 aliphatic heterocycles. The number of anilines is 2. The zero-order chi connectivity index (χ0) is 12.3. The van der Waals surface area contributed by atoms with Crippen LogP contribution in [-0.4, -0.2) is 26.3 Å². The van der Waals surface area contributed by atoms with Gasteiger partial charge in [-0.1, -0.05) is 0 Å². The molecule has 0 unspecified atom stereocenters. The molecule has 0 saturated heterocycles. The number of rotatable bonds is 3. The van der Waals surface area contributed by atoms with Crippen molar-refractivity contribution in [3.8, 4) is 0 Å². The zero-order valence-electron chi connectivity index (χ0n) is 8.53. The van der Waals surface area contributed by atoms with Crippen molar-refractivity contribution in [3.63, 3.8) is 0 Å². The quantitative estimate of drug-likeness (QED) is 0.816. The Morgan fingerprint density at radius 2 is 2.12 bits per heavy atom. The standard InChI is InChI=1S/C9H11BrN2O3S/c1-16(14,15)5-9(13)12-6-2-3-7(10)8(11)4-6/h2-4H,5,11H2,1H3,(H,12,13). The van der Waals surface area contributed by atoms with Crippen LogP contribution < -0.4 is 11.1 Å². The number of nitrogens with one attached hydrogen (secondary N) is 1. The Labute approximate surface area is 102 Å². The molecule has 5 nitrogen and oxygen atoms in total. The molecular formula is C9H11BrN2O3S. The minimum absolute atomic E-state index is 0.467. The topological polar surface area (TPSA) is 89.3 Å². The first-order valence-electron chi connectivity index (χ1n) is 4.30. The Morgan fingerprint density at radius 1 is 1.50 bits per heavy atom. The van der Waals surface area contributed by atoms with E-state index in [1.54, 1.807) is 18.2 Å². The molecule has 88 valence electrons. The first kappa shape index (κ1) is 13.0. The summed E-state index contributed by atoms with van der Waals surface area (Å²) >= 11 is 3.21. The van der Waals surface area contributed by atoms with Crippen LogP contribution in [0.15, 0.2) is 22.7 Å². The Hall–Kier alpha value is -1.08. The van der Waals surface area contributed by atoms with Crippen molar-refractivity contribution >= 4 is 43.0 Å². The number of carbonyl (C=O) groups excluding carboxylic acids is 1. The molecule has 3 N–H and O–H groups in total. The van der Waals surface area contributed by atoms with Gasteiger partial charge in [0.2, 0.25) is 5.91 Å². The molecule has 0 aromatic heterocycles. The highest BCUT2D eigenvalue weighted by atomic mass is 79.9. The van der Waals surface area contributed by atoms with Gasteiger partial charge in [0.15, 0.2) is 9.84 Å². The molecule has 0 aliphatic carbocycles. The molecule has 1 amide bonds. The van der Waals surface area contributed by atoms with Gasteiger partial charge in [0, 0.05) is 22.1 Å². The second-order valence-corrected chi connectivity index (χ2v) is 6.35. The summed E-state index contributed by atoms with van der Waals surface area (Å²) in [4.78, 5) is 11.3. The Kier molecular flexibility index (Phi) is 3.93. The summed E-state index contributed by atoms with van der Waals surface area (Å²) in [5, 5.41) is 2.45.